The highest BCUT2D eigenvalue weighted by Gasteiger charge is 2.32. The fraction of sp³-hybridized carbons (Fsp3) is 0.381. The van der Waals surface area contributed by atoms with E-state index in [1.807, 2.05) is 0 Å². The highest BCUT2D eigenvalue weighted by Crippen LogP contribution is 2.28. The van der Waals surface area contributed by atoms with Crippen molar-refractivity contribution in [2.75, 3.05) is 20.2 Å². The Kier molecular flexibility index (Phi) is 6.28. The van der Waals surface area contributed by atoms with Gasteiger partial charge in [0.2, 0.25) is 5.91 Å². The summed E-state index contributed by atoms with van der Waals surface area (Å²) in [6, 6.07) is 8.30. The van der Waals surface area contributed by atoms with Gasteiger partial charge < -0.3 is 14.2 Å². The number of rotatable bonds is 5. The lowest BCUT2D eigenvalue weighted by molar-refractivity contribution is -0.139. The van der Waals surface area contributed by atoms with Gasteiger partial charge in [0.15, 0.2) is 5.78 Å². The van der Waals surface area contributed by atoms with Crippen LogP contribution in [0.1, 0.15) is 28.8 Å². The predicted octanol–water partition coefficient (Wildman–Crippen LogP) is 3.00. The highest BCUT2D eigenvalue weighted by molar-refractivity contribution is 5.98. The normalized spacial score (nSPS) is 15.1. The molecule has 1 aliphatic rings. The number of benzene rings is 1. The van der Waals surface area contributed by atoms with E-state index in [4.69, 9.17) is 4.74 Å². The first-order valence-corrected chi connectivity index (χ1v) is 9.43. The number of ether oxygens (including phenoxy) is 1. The minimum atomic E-state index is -4.60. The number of carbonyl (C=O) groups excluding carboxylic acids is 2. The van der Waals surface area contributed by atoms with E-state index in [9.17, 15) is 27.6 Å². The summed E-state index contributed by atoms with van der Waals surface area (Å²) in [6.07, 6.45) is -3.04. The third-order valence-corrected chi connectivity index (χ3v) is 5.21. The average molecular weight is 422 g/mol. The molecule has 0 radical (unpaired) electrons. The molecule has 6 nitrogen and oxygen atoms in total. The third kappa shape index (κ3) is 4.90. The van der Waals surface area contributed by atoms with Crippen LogP contribution in [0.15, 0.2) is 47.4 Å². The number of carbonyl (C=O) groups is 2. The van der Waals surface area contributed by atoms with Crippen molar-refractivity contribution in [1.82, 2.24) is 9.47 Å². The van der Waals surface area contributed by atoms with Crippen molar-refractivity contribution >= 4 is 11.7 Å². The predicted molar refractivity (Wildman–Crippen MR) is 102 cm³/mol. The molecule has 1 aliphatic heterocycles. The van der Waals surface area contributed by atoms with Gasteiger partial charge in [0, 0.05) is 36.8 Å². The largest absolute Gasteiger partial charge is 0.497 e. The number of aromatic nitrogens is 1. The molecule has 0 saturated carbocycles. The van der Waals surface area contributed by atoms with Crippen LogP contribution >= 0.6 is 0 Å². The van der Waals surface area contributed by atoms with Crippen molar-refractivity contribution in [2.45, 2.75) is 25.6 Å². The van der Waals surface area contributed by atoms with Crippen LogP contribution in [0.3, 0.4) is 0 Å². The van der Waals surface area contributed by atoms with E-state index >= 15 is 0 Å². The van der Waals surface area contributed by atoms with Gasteiger partial charge in [0.05, 0.1) is 12.7 Å². The topological polar surface area (TPSA) is 68.6 Å². The van der Waals surface area contributed by atoms with Crippen LogP contribution in [-0.4, -0.2) is 41.4 Å². The van der Waals surface area contributed by atoms with Gasteiger partial charge in [-0.15, -0.1) is 0 Å². The van der Waals surface area contributed by atoms with Crippen molar-refractivity contribution in [2.24, 2.45) is 5.92 Å². The molecule has 3 rings (SSSR count). The van der Waals surface area contributed by atoms with Crippen molar-refractivity contribution in [1.29, 1.82) is 0 Å². The van der Waals surface area contributed by atoms with E-state index in [-0.39, 0.29) is 11.7 Å². The number of methoxy groups -OCH3 is 1. The fourth-order valence-electron chi connectivity index (χ4n) is 3.45. The molecule has 0 spiro atoms. The van der Waals surface area contributed by atoms with Crippen molar-refractivity contribution in [3.8, 4) is 5.75 Å². The quantitative estimate of drug-likeness (QED) is 0.695. The van der Waals surface area contributed by atoms with Gasteiger partial charge in [-0.1, -0.05) is 0 Å². The van der Waals surface area contributed by atoms with Crippen LogP contribution in [0.5, 0.6) is 5.75 Å². The highest BCUT2D eigenvalue weighted by atomic mass is 19.4. The zero-order valence-corrected chi connectivity index (χ0v) is 16.3. The Balaban J connectivity index is 1.60. The van der Waals surface area contributed by atoms with E-state index in [1.54, 1.807) is 24.3 Å². The van der Waals surface area contributed by atoms with E-state index in [2.05, 4.69) is 0 Å². The second-order valence-electron chi connectivity index (χ2n) is 7.13. The fourth-order valence-corrected chi connectivity index (χ4v) is 3.45. The minimum absolute atomic E-state index is 0.0150. The molecule has 2 heterocycles. The molecule has 0 aliphatic carbocycles. The molecule has 0 atom stereocenters. The lowest BCUT2D eigenvalue weighted by Gasteiger charge is -2.31. The number of amides is 1. The average Bonchev–Trinajstić information content (AvgIpc) is 2.74. The maximum atomic E-state index is 12.8. The number of piperidine rings is 1. The third-order valence-electron chi connectivity index (χ3n) is 5.21. The number of hydrogen-bond acceptors (Lipinski definition) is 4. The van der Waals surface area contributed by atoms with Crippen LogP contribution in [0.2, 0.25) is 0 Å². The zero-order valence-electron chi connectivity index (χ0n) is 16.3. The molecule has 1 amide bonds. The summed E-state index contributed by atoms with van der Waals surface area (Å²) in [5.74, 6) is -0.0545. The van der Waals surface area contributed by atoms with Gasteiger partial charge in [-0.05, 0) is 43.2 Å². The number of pyridine rings is 1. The van der Waals surface area contributed by atoms with Crippen LogP contribution < -0.4 is 10.3 Å². The summed E-state index contributed by atoms with van der Waals surface area (Å²) in [5.41, 5.74) is -1.10. The summed E-state index contributed by atoms with van der Waals surface area (Å²) < 4.78 is 44.4. The van der Waals surface area contributed by atoms with Gasteiger partial charge in [-0.25, -0.2) is 0 Å². The van der Waals surface area contributed by atoms with Crippen LogP contribution in [0.25, 0.3) is 0 Å². The first kappa shape index (κ1) is 21.6. The number of ketones is 1. The summed E-state index contributed by atoms with van der Waals surface area (Å²) in [4.78, 5) is 38.4. The van der Waals surface area contributed by atoms with E-state index in [0.29, 0.717) is 49.5 Å². The van der Waals surface area contributed by atoms with Gasteiger partial charge in [0.25, 0.3) is 5.56 Å². The Labute approximate surface area is 170 Å². The van der Waals surface area contributed by atoms with E-state index < -0.39 is 29.8 Å². The molecule has 1 saturated heterocycles. The Hall–Kier alpha value is -3.10. The summed E-state index contributed by atoms with van der Waals surface area (Å²) in [7, 11) is 1.54. The molecule has 0 bridgehead atoms. The van der Waals surface area contributed by atoms with E-state index in [1.165, 1.54) is 12.0 Å². The Morgan fingerprint density at radius 1 is 1.07 bits per heavy atom. The molecule has 1 aromatic carbocycles. The summed E-state index contributed by atoms with van der Waals surface area (Å²) in [6.45, 7) is 0.137. The lowest BCUT2D eigenvalue weighted by Crippen LogP contribution is -2.42. The monoisotopic (exact) mass is 422 g/mol. The van der Waals surface area contributed by atoms with Gasteiger partial charge in [-0.2, -0.15) is 13.2 Å². The Bertz CT molecular complexity index is 975. The minimum Gasteiger partial charge on any atom is -0.497 e. The maximum absolute atomic E-state index is 12.8. The molecule has 9 heteroatoms. The second-order valence-corrected chi connectivity index (χ2v) is 7.13. The number of hydrogen-bond donors (Lipinski definition) is 0. The summed E-state index contributed by atoms with van der Waals surface area (Å²) >= 11 is 0. The van der Waals surface area contributed by atoms with Crippen molar-refractivity contribution in [3.63, 3.8) is 0 Å². The molecule has 1 fully saturated rings. The van der Waals surface area contributed by atoms with Crippen molar-refractivity contribution in [3.05, 3.63) is 64.1 Å². The molecule has 160 valence electrons. The molecule has 30 heavy (non-hydrogen) atoms. The lowest BCUT2D eigenvalue weighted by atomic mass is 9.89. The second kappa shape index (κ2) is 8.73. The first-order chi connectivity index (χ1) is 14.2. The van der Waals surface area contributed by atoms with Crippen LogP contribution in [0, 0.1) is 5.92 Å². The van der Waals surface area contributed by atoms with Crippen molar-refractivity contribution < 1.29 is 27.5 Å². The SMILES string of the molecule is COc1ccc(C(=O)C2CCN(C(=O)Cn3cc(C(F)(F)F)ccc3=O)CC2)cc1. The number of likely N-dealkylation sites (tertiary alicyclic amines) is 1. The number of Topliss-reactive ketones (excluding diaryl/α,β-unsaturated/α-hetero) is 1. The molecule has 2 aromatic rings. The molecular formula is C21H21F3N2O4. The molecular weight excluding hydrogens is 401 g/mol. The first-order valence-electron chi connectivity index (χ1n) is 9.43. The molecule has 1 aromatic heterocycles. The number of nitrogens with zero attached hydrogens (tertiary/aromatic N) is 2. The van der Waals surface area contributed by atoms with Gasteiger partial charge in [-0.3, -0.25) is 14.4 Å². The number of alkyl halides is 3. The van der Waals surface area contributed by atoms with Crippen LogP contribution in [0.4, 0.5) is 13.2 Å². The number of halogens is 3. The molecule has 0 unspecified atom stereocenters. The summed E-state index contributed by atoms with van der Waals surface area (Å²) in [5, 5.41) is 0. The Morgan fingerprint density at radius 3 is 2.27 bits per heavy atom. The van der Waals surface area contributed by atoms with Gasteiger partial charge in [0.1, 0.15) is 12.3 Å². The standard InChI is InChI=1S/C21H21F3N2O4/c1-30-17-5-2-14(3-6-17)20(29)15-8-10-25(11-9-15)19(28)13-26-12-16(21(22,23)24)4-7-18(26)27/h2-7,12,15H,8-11,13H2,1H3. The van der Waals surface area contributed by atoms with E-state index in [0.717, 1.165) is 10.6 Å². The smallest absolute Gasteiger partial charge is 0.417 e. The molecule has 0 N–H and O–H groups in total. The Morgan fingerprint density at radius 2 is 1.70 bits per heavy atom. The zero-order chi connectivity index (χ0) is 21.9. The maximum Gasteiger partial charge on any atom is 0.417 e. The van der Waals surface area contributed by atoms with Gasteiger partial charge >= 0.3 is 6.18 Å². The van der Waals surface area contributed by atoms with Crippen LogP contribution in [-0.2, 0) is 17.5 Å².